The number of halogens is 1. The molecule has 0 aliphatic carbocycles. The number of carbonyl (C=O) groups excluding carboxylic acids is 2. The Morgan fingerprint density at radius 2 is 1.61 bits per heavy atom. The number of hydrazine groups is 1. The molecule has 0 aromatic heterocycles. The lowest BCUT2D eigenvalue weighted by molar-refractivity contribution is -0.123. The number of amides is 2. The number of ether oxygens (including phenoxy) is 2. The summed E-state index contributed by atoms with van der Waals surface area (Å²) in [7, 11) is 0. The van der Waals surface area contributed by atoms with Crippen LogP contribution >= 0.6 is 15.9 Å². The van der Waals surface area contributed by atoms with E-state index in [1.807, 2.05) is 18.2 Å². The molecule has 2 amide bonds. The summed E-state index contributed by atoms with van der Waals surface area (Å²) in [6.07, 6.45) is 5.90. The van der Waals surface area contributed by atoms with Crippen LogP contribution in [0.4, 0.5) is 0 Å². The zero-order valence-electron chi connectivity index (χ0n) is 20.0. The third-order valence-electron chi connectivity index (χ3n) is 5.11. The molecule has 2 N–H and O–H groups in total. The summed E-state index contributed by atoms with van der Waals surface area (Å²) in [5, 5.41) is 0. The maximum Gasteiger partial charge on any atom is 0.276 e. The van der Waals surface area contributed by atoms with Crippen molar-refractivity contribution in [1.29, 1.82) is 0 Å². The van der Waals surface area contributed by atoms with Gasteiger partial charge in [-0.2, -0.15) is 0 Å². The Kier molecular flexibility index (Phi) is 10.7. The number of hydrogen-bond donors (Lipinski definition) is 2. The second-order valence-electron chi connectivity index (χ2n) is 8.97. The highest BCUT2D eigenvalue weighted by molar-refractivity contribution is 9.10. The minimum absolute atomic E-state index is 0.0152. The van der Waals surface area contributed by atoms with Crippen molar-refractivity contribution in [2.24, 2.45) is 0 Å². The van der Waals surface area contributed by atoms with E-state index in [1.165, 1.54) is 19.3 Å². The summed E-state index contributed by atoms with van der Waals surface area (Å²) in [4.78, 5) is 24.3. The molecule has 0 heterocycles. The summed E-state index contributed by atoms with van der Waals surface area (Å²) in [6.45, 7) is 9.02. The smallest absolute Gasteiger partial charge is 0.276 e. The van der Waals surface area contributed by atoms with E-state index in [0.29, 0.717) is 17.9 Å². The number of unbranched alkanes of at least 4 members (excludes halogenated alkanes) is 4. The molecule has 0 atom stereocenters. The summed E-state index contributed by atoms with van der Waals surface area (Å²) in [5.74, 6) is 0.413. The third-order valence-corrected chi connectivity index (χ3v) is 5.72. The van der Waals surface area contributed by atoms with Crippen LogP contribution in [0.15, 0.2) is 46.9 Å². The van der Waals surface area contributed by atoms with Gasteiger partial charge in [-0.3, -0.25) is 20.4 Å². The highest BCUT2D eigenvalue weighted by Gasteiger charge is 2.16. The zero-order chi connectivity index (χ0) is 24.3. The lowest BCUT2D eigenvalue weighted by atomic mass is 9.87. The molecular weight excluding hydrogens is 484 g/mol. The van der Waals surface area contributed by atoms with Crippen molar-refractivity contribution < 1.29 is 19.1 Å². The van der Waals surface area contributed by atoms with Crippen molar-refractivity contribution in [1.82, 2.24) is 10.9 Å². The van der Waals surface area contributed by atoms with Crippen LogP contribution in [0.25, 0.3) is 0 Å². The van der Waals surface area contributed by atoms with Gasteiger partial charge in [-0.15, -0.1) is 0 Å². The number of nitrogens with one attached hydrogen (secondary N) is 2. The number of rotatable bonds is 11. The number of hydrogen-bond acceptors (Lipinski definition) is 4. The molecule has 0 fully saturated rings. The van der Waals surface area contributed by atoms with E-state index in [4.69, 9.17) is 9.47 Å². The summed E-state index contributed by atoms with van der Waals surface area (Å²) < 4.78 is 12.0. The number of benzene rings is 2. The second kappa shape index (κ2) is 13.2. The van der Waals surface area contributed by atoms with Crippen LogP contribution in [0.1, 0.15) is 75.7 Å². The maximum absolute atomic E-state index is 12.3. The second-order valence-corrected chi connectivity index (χ2v) is 9.83. The first kappa shape index (κ1) is 26.7. The van der Waals surface area contributed by atoms with Gasteiger partial charge in [0.2, 0.25) is 0 Å². The van der Waals surface area contributed by atoms with Gasteiger partial charge < -0.3 is 9.47 Å². The van der Waals surface area contributed by atoms with Crippen LogP contribution in [-0.2, 0) is 10.2 Å². The van der Waals surface area contributed by atoms with Crippen LogP contribution in [-0.4, -0.2) is 25.0 Å². The Hall–Kier alpha value is -2.54. The minimum Gasteiger partial charge on any atom is -0.494 e. The van der Waals surface area contributed by atoms with E-state index >= 15 is 0 Å². The Bertz CT molecular complexity index is 907. The van der Waals surface area contributed by atoms with Gasteiger partial charge in [0.15, 0.2) is 6.61 Å². The molecule has 180 valence electrons. The lowest BCUT2D eigenvalue weighted by Gasteiger charge is -2.20. The van der Waals surface area contributed by atoms with Gasteiger partial charge in [-0.25, -0.2) is 0 Å². The van der Waals surface area contributed by atoms with Crippen LogP contribution in [0.2, 0.25) is 0 Å². The van der Waals surface area contributed by atoms with E-state index in [9.17, 15) is 9.59 Å². The Labute approximate surface area is 205 Å². The highest BCUT2D eigenvalue weighted by Crippen LogP contribution is 2.31. The predicted molar refractivity (Wildman–Crippen MR) is 135 cm³/mol. The van der Waals surface area contributed by atoms with Crippen LogP contribution in [0.3, 0.4) is 0 Å². The van der Waals surface area contributed by atoms with E-state index in [-0.39, 0.29) is 12.0 Å². The first-order valence-electron chi connectivity index (χ1n) is 11.5. The normalized spacial score (nSPS) is 11.1. The first-order chi connectivity index (χ1) is 15.7. The number of carbonyl (C=O) groups is 2. The summed E-state index contributed by atoms with van der Waals surface area (Å²) >= 11 is 3.48. The van der Waals surface area contributed by atoms with E-state index in [2.05, 4.69) is 54.5 Å². The van der Waals surface area contributed by atoms with Crippen molar-refractivity contribution in [3.8, 4) is 11.5 Å². The van der Waals surface area contributed by atoms with Crippen molar-refractivity contribution in [2.75, 3.05) is 13.2 Å². The molecule has 0 aliphatic heterocycles. The molecule has 2 aromatic carbocycles. The SMILES string of the molecule is CCCCCCCOc1ccc(C(=O)NNC(=O)COc2ccc(C(C)(C)C)cc2Br)cc1. The topological polar surface area (TPSA) is 76.7 Å². The van der Waals surface area contributed by atoms with Gasteiger partial charge in [0, 0.05) is 5.56 Å². The van der Waals surface area contributed by atoms with Gasteiger partial charge in [-0.05, 0) is 69.7 Å². The molecule has 0 unspecified atom stereocenters. The highest BCUT2D eigenvalue weighted by atomic mass is 79.9. The lowest BCUT2D eigenvalue weighted by Crippen LogP contribution is -2.43. The predicted octanol–water partition coefficient (Wildman–Crippen LogP) is 5.94. The van der Waals surface area contributed by atoms with Crippen molar-refractivity contribution >= 4 is 27.7 Å². The molecule has 0 spiro atoms. The van der Waals surface area contributed by atoms with Crippen LogP contribution in [0.5, 0.6) is 11.5 Å². The fourth-order valence-corrected chi connectivity index (χ4v) is 3.55. The largest absolute Gasteiger partial charge is 0.494 e. The Balaban J connectivity index is 1.73. The van der Waals surface area contributed by atoms with E-state index in [0.717, 1.165) is 28.6 Å². The Morgan fingerprint density at radius 1 is 0.909 bits per heavy atom. The fraction of sp³-hybridized carbons (Fsp3) is 0.462. The van der Waals surface area contributed by atoms with Crippen molar-refractivity contribution in [3.05, 3.63) is 58.1 Å². The molecule has 2 aromatic rings. The van der Waals surface area contributed by atoms with Gasteiger partial charge in [-0.1, -0.05) is 59.4 Å². The van der Waals surface area contributed by atoms with Crippen LogP contribution < -0.4 is 20.3 Å². The fourth-order valence-electron chi connectivity index (χ4n) is 3.06. The average Bonchev–Trinajstić information content (AvgIpc) is 2.78. The van der Waals surface area contributed by atoms with Gasteiger partial charge in [0.1, 0.15) is 11.5 Å². The van der Waals surface area contributed by atoms with Gasteiger partial charge in [0.05, 0.1) is 11.1 Å². The van der Waals surface area contributed by atoms with Crippen molar-refractivity contribution in [3.63, 3.8) is 0 Å². The summed E-state index contributed by atoms with van der Waals surface area (Å²) in [6, 6.07) is 12.6. The Morgan fingerprint density at radius 3 is 2.24 bits per heavy atom. The maximum atomic E-state index is 12.3. The van der Waals surface area contributed by atoms with E-state index < -0.39 is 11.8 Å². The monoisotopic (exact) mass is 518 g/mol. The van der Waals surface area contributed by atoms with Gasteiger partial charge in [0.25, 0.3) is 11.8 Å². The molecule has 33 heavy (non-hydrogen) atoms. The molecule has 0 bridgehead atoms. The molecule has 6 nitrogen and oxygen atoms in total. The molecule has 0 saturated carbocycles. The van der Waals surface area contributed by atoms with Crippen LogP contribution in [0, 0.1) is 0 Å². The molecule has 0 saturated heterocycles. The van der Waals surface area contributed by atoms with E-state index in [1.54, 1.807) is 24.3 Å². The molecule has 7 heteroatoms. The molecule has 0 aliphatic rings. The quantitative estimate of drug-likeness (QED) is 0.285. The zero-order valence-corrected chi connectivity index (χ0v) is 21.6. The van der Waals surface area contributed by atoms with Crippen molar-refractivity contribution in [2.45, 2.75) is 65.2 Å². The third kappa shape index (κ3) is 9.46. The first-order valence-corrected chi connectivity index (χ1v) is 12.2. The average molecular weight is 519 g/mol. The summed E-state index contributed by atoms with van der Waals surface area (Å²) in [5.41, 5.74) is 6.36. The molecule has 2 rings (SSSR count). The molecule has 0 radical (unpaired) electrons. The minimum atomic E-state index is -0.460. The standard InChI is InChI=1S/C26H35BrN2O4/c1-5-6-7-8-9-16-32-21-13-10-19(11-14-21)25(31)29-28-24(30)18-33-23-15-12-20(17-22(23)27)26(2,3)4/h10-15,17H,5-9,16,18H2,1-4H3,(H,28,30)(H,29,31). The molecular formula is C26H35BrN2O4. The van der Waals surface area contributed by atoms with Gasteiger partial charge >= 0.3 is 0 Å².